The van der Waals surface area contributed by atoms with Crippen molar-refractivity contribution < 1.29 is 19.7 Å². The highest BCUT2D eigenvalue weighted by atomic mass is 16.6. The lowest BCUT2D eigenvalue weighted by Crippen LogP contribution is -2.66. The first-order chi connectivity index (χ1) is 18.0. The quantitative estimate of drug-likeness (QED) is 0.376. The summed E-state index contributed by atoms with van der Waals surface area (Å²) in [7, 11) is 0. The number of hydrogen-bond acceptors (Lipinski definition) is 5. The summed E-state index contributed by atoms with van der Waals surface area (Å²) in [5, 5.41) is 23.2. The topological polar surface area (TPSA) is 82.9 Å². The van der Waals surface area contributed by atoms with E-state index in [1.807, 2.05) is 70.2 Å². The highest BCUT2D eigenvalue weighted by Gasteiger charge is 2.58. The summed E-state index contributed by atoms with van der Waals surface area (Å²) < 4.78 is 5.59. The Morgan fingerprint density at radius 2 is 1.51 bits per heavy atom. The van der Waals surface area contributed by atoms with Crippen LogP contribution in [0.3, 0.4) is 0 Å². The standard InChI is InChI=1S/C33H42N2O4/c1-22(2)23-12-14-26(15-13-23)33(38,32(8)20-35(21-32)29(36)39-30(3,4)5)27-11-9-10-24(16-27)25-17-28(19-34-18-25)31(6,7)37/h9-19,22,37-38H,20-21H2,1-8H3/t33-/m0/s1. The molecular weight excluding hydrogens is 488 g/mol. The van der Waals surface area contributed by atoms with Crippen molar-refractivity contribution in [2.24, 2.45) is 5.41 Å². The zero-order valence-corrected chi connectivity index (χ0v) is 24.4. The fourth-order valence-corrected chi connectivity index (χ4v) is 5.31. The van der Waals surface area contributed by atoms with Gasteiger partial charge in [-0.1, -0.05) is 63.2 Å². The van der Waals surface area contributed by atoms with E-state index in [1.165, 1.54) is 5.56 Å². The Kier molecular flexibility index (Phi) is 7.43. The first-order valence-electron chi connectivity index (χ1n) is 13.6. The SMILES string of the molecule is CC(C)c1ccc([C@](O)(c2cccc(-c3cncc(C(C)(C)O)c3)c2)C2(C)CN(C(=O)OC(C)(C)C)C2)cc1. The minimum absolute atomic E-state index is 0.352. The van der Waals surface area contributed by atoms with Crippen LogP contribution >= 0.6 is 0 Å². The van der Waals surface area contributed by atoms with Crippen LogP contribution in [-0.4, -0.2) is 44.9 Å². The average Bonchev–Trinajstić information content (AvgIpc) is 2.85. The molecule has 1 atom stereocenters. The lowest BCUT2D eigenvalue weighted by molar-refractivity contribution is -0.131. The van der Waals surface area contributed by atoms with E-state index in [0.717, 1.165) is 22.3 Å². The van der Waals surface area contributed by atoms with Gasteiger partial charge in [0.25, 0.3) is 0 Å². The monoisotopic (exact) mass is 530 g/mol. The summed E-state index contributed by atoms with van der Waals surface area (Å²) in [5.41, 5.74) is 1.50. The summed E-state index contributed by atoms with van der Waals surface area (Å²) >= 11 is 0. The molecule has 2 aromatic carbocycles. The smallest absolute Gasteiger partial charge is 0.410 e. The van der Waals surface area contributed by atoms with Crippen LogP contribution in [0, 0.1) is 5.41 Å². The average molecular weight is 531 g/mol. The predicted molar refractivity (Wildman–Crippen MR) is 154 cm³/mol. The Morgan fingerprint density at radius 1 is 0.897 bits per heavy atom. The maximum Gasteiger partial charge on any atom is 0.410 e. The molecule has 1 aromatic heterocycles. The molecule has 6 heteroatoms. The van der Waals surface area contributed by atoms with E-state index in [-0.39, 0.29) is 6.09 Å². The molecule has 0 bridgehead atoms. The number of ether oxygens (including phenoxy) is 1. The normalized spacial score (nSPS) is 16.9. The van der Waals surface area contributed by atoms with E-state index in [1.54, 1.807) is 31.1 Å². The number of pyridine rings is 1. The number of carbonyl (C=O) groups is 1. The Morgan fingerprint density at radius 3 is 2.08 bits per heavy atom. The molecule has 4 rings (SSSR count). The summed E-state index contributed by atoms with van der Waals surface area (Å²) in [4.78, 5) is 18.8. The molecule has 0 spiro atoms. The second-order valence-corrected chi connectivity index (χ2v) is 13.0. The van der Waals surface area contributed by atoms with Crippen LogP contribution in [0.1, 0.15) is 83.6 Å². The summed E-state index contributed by atoms with van der Waals surface area (Å²) in [6.07, 6.45) is 3.06. The number of aliphatic hydroxyl groups is 2. The van der Waals surface area contributed by atoms with Gasteiger partial charge < -0.3 is 19.8 Å². The van der Waals surface area contributed by atoms with Crippen LogP contribution in [0.15, 0.2) is 67.0 Å². The molecular formula is C33H42N2O4. The van der Waals surface area contributed by atoms with Crippen molar-refractivity contribution >= 4 is 6.09 Å². The zero-order valence-electron chi connectivity index (χ0n) is 24.4. The first-order valence-corrected chi connectivity index (χ1v) is 13.6. The molecule has 0 radical (unpaired) electrons. The molecule has 0 saturated carbocycles. The third kappa shape index (κ3) is 5.73. The highest BCUT2D eigenvalue weighted by molar-refractivity contribution is 5.70. The van der Waals surface area contributed by atoms with Gasteiger partial charge in [0.2, 0.25) is 0 Å². The van der Waals surface area contributed by atoms with E-state index in [0.29, 0.717) is 24.6 Å². The molecule has 1 saturated heterocycles. The highest BCUT2D eigenvalue weighted by Crippen LogP contribution is 2.51. The number of carbonyl (C=O) groups excluding carboxylic acids is 1. The number of hydrogen-bond donors (Lipinski definition) is 2. The van der Waals surface area contributed by atoms with Crippen molar-refractivity contribution in [2.45, 2.75) is 78.1 Å². The van der Waals surface area contributed by atoms with Crippen LogP contribution in [0.4, 0.5) is 4.79 Å². The van der Waals surface area contributed by atoms with Gasteiger partial charge in [0.15, 0.2) is 0 Å². The number of amides is 1. The fourth-order valence-electron chi connectivity index (χ4n) is 5.31. The Hall–Kier alpha value is -3.22. The van der Waals surface area contributed by atoms with Gasteiger partial charge in [-0.2, -0.15) is 0 Å². The molecule has 3 aromatic rings. The van der Waals surface area contributed by atoms with Crippen LogP contribution in [0.5, 0.6) is 0 Å². The van der Waals surface area contributed by atoms with Crippen molar-refractivity contribution in [1.82, 2.24) is 9.88 Å². The second-order valence-electron chi connectivity index (χ2n) is 13.0. The number of likely N-dealkylation sites (tertiary alicyclic amines) is 1. The molecule has 0 aliphatic carbocycles. The number of benzene rings is 2. The van der Waals surface area contributed by atoms with E-state index in [4.69, 9.17) is 4.74 Å². The van der Waals surface area contributed by atoms with Gasteiger partial charge in [-0.15, -0.1) is 0 Å². The summed E-state index contributed by atoms with van der Waals surface area (Å²) in [5.74, 6) is 0.368. The minimum atomic E-state index is -1.38. The molecule has 208 valence electrons. The van der Waals surface area contributed by atoms with E-state index >= 15 is 0 Å². The fraction of sp³-hybridized carbons (Fsp3) is 0.455. The van der Waals surface area contributed by atoms with Gasteiger partial charge in [0, 0.05) is 42.0 Å². The molecule has 1 amide bonds. The summed E-state index contributed by atoms with van der Waals surface area (Å²) in [6, 6.07) is 17.9. The van der Waals surface area contributed by atoms with Gasteiger partial charge in [0.1, 0.15) is 11.2 Å². The Balaban J connectivity index is 1.78. The van der Waals surface area contributed by atoms with Crippen LogP contribution in [0.25, 0.3) is 11.1 Å². The van der Waals surface area contributed by atoms with Crippen LogP contribution in [-0.2, 0) is 15.9 Å². The third-order valence-corrected chi connectivity index (χ3v) is 7.66. The second kappa shape index (κ2) is 10.1. The van der Waals surface area contributed by atoms with Gasteiger partial charge >= 0.3 is 6.09 Å². The zero-order chi connectivity index (χ0) is 28.8. The molecule has 2 heterocycles. The van der Waals surface area contributed by atoms with Crippen molar-refractivity contribution in [2.75, 3.05) is 13.1 Å². The van der Waals surface area contributed by atoms with Crippen molar-refractivity contribution in [3.63, 3.8) is 0 Å². The van der Waals surface area contributed by atoms with Gasteiger partial charge in [0.05, 0.1) is 5.60 Å². The van der Waals surface area contributed by atoms with Crippen molar-refractivity contribution in [3.05, 3.63) is 89.2 Å². The molecule has 0 unspecified atom stereocenters. The molecule has 39 heavy (non-hydrogen) atoms. The number of nitrogens with zero attached hydrogens (tertiary/aromatic N) is 2. The third-order valence-electron chi connectivity index (χ3n) is 7.66. The Bertz CT molecular complexity index is 1330. The number of rotatable bonds is 6. The molecule has 1 aliphatic rings. The van der Waals surface area contributed by atoms with Crippen molar-refractivity contribution in [1.29, 1.82) is 0 Å². The van der Waals surface area contributed by atoms with Gasteiger partial charge in [-0.3, -0.25) is 4.98 Å². The van der Waals surface area contributed by atoms with Crippen LogP contribution < -0.4 is 0 Å². The molecule has 1 fully saturated rings. The minimum Gasteiger partial charge on any atom is -0.444 e. The Labute approximate surface area is 232 Å². The maximum absolute atomic E-state index is 12.8. The lowest BCUT2D eigenvalue weighted by atomic mass is 9.61. The van der Waals surface area contributed by atoms with Gasteiger partial charge in [-0.05, 0) is 74.9 Å². The molecule has 1 aliphatic heterocycles. The molecule has 6 nitrogen and oxygen atoms in total. The number of aromatic nitrogens is 1. The predicted octanol–water partition coefficient (Wildman–Crippen LogP) is 6.59. The first kappa shape index (κ1) is 28.8. The largest absolute Gasteiger partial charge is 0.444 e. The van der Waals surface area contributed by atoms with Crippen LogP contribution in [0.2, 0.25) is 0 Å². The van der Waals surface area contributed by atoms with E-state index in [2.05, 4.69) is 31.0 Å². The van der Waals surface area contributed by atoms with Crippen molar-refractivity contribution in [3.8, 4) is 11.1 Å². The maximum atomic E-state index is 12.8. The lowest BCUT2D eigenvalue weighted by Gasteiger charge is -2.56. The molecule has 2 N–H and O–H groups in total. The van der Waals surface area contributed by atoms with Gasteiger partial charge in [-0.25, -0.2) is 4.79 Å². The van der Waals surface area contributed by atoms with E-state index in [9.17, 15) is 15.0 Å². The van der Waals surface area contributed by atoms with E-state index < -0.39 is 22.2 Å². The summed E-state index contributed by atoms with van der Waals surface area (Å²) in [6.45, 7) is 16.0.